The molecule has 2 aromatic rings. The molecule has 2 amide bonds. The van der Waals surface area contributed by atoms with Gasteiger partial charge in [0.15, 0.2) is 6.61 Å². The van der Waals surface area contributed by atoms with Gasteiger partial charge in [0.25, 0.3) is 5.91 Å². The smallest absolute Gasteiger partial charge is 0.261 e. The first-order chi connectivity index (χ1) is 14.2. The van der Waals surface area contributed by atoms with Crippen LogP contribution in [0.25, 0.3) is 0 Å². The van der Waals surface area contributed by atoms with E-state index in [1.165, 1.54) is 0 Å². The monoisotopic (exact) mass is 410 g/mol. The highest BCUT2D eigenvalue weighted by Crippen LogP contribution is 2.20. The molecule has 0 fully saturated rings. The molecule has 0 aliphatic rings. The fourth-order valence-electron chi connectivity index (χ4n) is 3.14. The Balaban J connectivity index is 2.19. The predicted molar refractivity (Wildman–Crippen MR) is 120 cm³/mol. The van der Waals surface area contributed by atoms with Gasteiger partial charge in [-0.3, -0.25) is 9.59 Å². The van der Waals surface area contributed by atoms with Gasteiger partial charge in [-0.1, -0.05) is 48.9 Å². The number of nitrogens with one attached hydrogen (secondary N) is 1. The van der Waals surface area contributed by atoms with Crippen LogP contribution in [0.2, 0.25) is 0 Å². The lowest BCUT2D eigenvalue weighted by Crippen LogP contribution is -2.50. The van der Waals surface area contributed by atoms with Crippen molar-refractivity contribution in [2.24, 2.45) is 0 Å². The molecule has 30 heavy (non-hydrogen) atoms. The molecule has 0 unspecified atom stereocenters. The number of benzene rings is 2. The Morgan fingerprint density at radius 1 is 1.03 bits per heavy atom. The second-order valence-electron chi connectivity index (χ2n) is 8.06. The first-order valence-corrected chi connectivity index (χ1v) is 10.6. The van der Waals surface area contributed by atoms with Crippen molar-refractivity contribution in [2.75, 3.05) is 6.61 Å². The van der Waals surface area contributed by atoms with Crippen LogP contribution in [-0.4, -0.2) is 35.4 Å². The molecule has 1 N–H and O–H groups in total. The lowest BCUT2D eigenvalue weighted by Gasteiger charge is -2.29. The number of rotatable bonds is 9. The number of hydrogen-bond acceptors (Lipinski definition) is 3. The van der Waals surface area contributed by atoms with Gasteiger partial charge in [0.05, 0.1) is 0 Å². The minimum atomic E-state index is -0.603. The van der Waals surface area contributed by atoms with Crippen LogP contribution < -0.4 is 10.1 Å². The second kappa shape index (κ2) is 10.8. The predicted octanol–water partition coefficient (Wildman–Crippen LogP) is 4.32. The maximum Gasteiger partial charge on any atom is 0.261 e. The van der Waals surface area contributed by atoms with Gasteiger partial charge in [0.1, 0.15) is 11.8 Å². The summed E-state index contributed by atoms with van der Waals surface area (Å²) in [4.78, 5) is 27.5. The van der Waals surface area contributed by atoms with E-state index in [9.17, 15) is 9.59 Å². The van der Waals surface area contributed by atoms with Crippen LogP contribution in [0.1, 0.15) is 49.4 Å². The van der Waals surface area contributed by atoms with E-state index in [1.54, 1.807) is 11.8 Å². The van der Waals surface area contributed by atoms with Crippen molar-refractivity contribution >= 4 is 11.8 Å². The zero-order valence-corrected chi connectivity index (χ0v) is 19.0. The fraction of sp³-hybridized carbons (Fsp3) is 0.440. The van der Waals surface area contributed by atoms with Gasteiger partial charge < -0.3 is 15.0 Å². The quantitative estimate of drug-likeness (QED) is 0.670. The van der Waals surface area contributed by atoms with E-state index in [1.807, 2.05) is 77.1 Å². The minimum absolute atomic E-state index is 0.0575. The Bertz CT molecular complexity index is 878. The van der Waals surface area contributed by atoms with Crippen molar-refractivity contribution in [3.8, 4) is 5.75 Å². The Morgan fingerprint density at radius 3 is 2.40 bits per heavy atom. The Labute approximate surface area is 180 Å². The second-order valence-corrected chi connectivity index (χ2v) is 8.06. The molecule has 5 heteroatoms. The molecule has 162 valence electrons. The average Bonchev–Trinajstić information content (AvgIpc) is 2.71. The largest absolute Gasteiger partial charge is 0.483 e. The molecule has 2 rings (SSSR count). The maximum atomic E-state index is 13.1. The van der Waals surface area contributed by atoms with E-state index in [4.69, 9.17) is 4.74 Å². The molecule has 0 aliphatic heterocycles. The van der Waals surface area contributed by atoms with Crippen LogP contribution in [-0.2, 0) is 16.1 Å². The van der Waals surface area contributed by atoms with Crippen LogP contribution >= 0.6 is 0 Å². The Morgan fingerprint density at radius 2 is 1.73 bits per heavy atom. The van der Waals surface area contributed by atoms with Crippen molar-refractivity contribution in [2.45, 2.75) is 66.6 Å². The molecule has 0 heterocycles. The summed E-state index contributed by atoms with van der Waals surface area (Å²) < 4.78 is 5.83. The van der Waals surface area contributed by atoms with Crippen molar-refractivity contribution < 1.29 is 14.3 Å². The van der Waals surface area contributed by atoms with Crippen LogP contribution in [0.5, 0.6) is 5.75 Å². The number of amides is 2. The summed E-state index contributed by atoms with van der Waals surface area (Å²) in [6.07, 6.45) is 0.833. The molecular weight excluding hydrogens is 376 g/mol. The molecule has 2 aromatic carbocycles. The Kier molecular flexibility index (Phi) is 8.46. The highest BCUT2D eigenvalue weighted by molar-refractivity contribution is 5.88. The molecule has 0 spiro atoms. The summed E-state index contributed by atoms with van der Waals surface area (Å²) in [6.45, 7) is 11.9. The molecule has 0 saturated carbocycles. The summed E-state index contributed by atoms with van der Waals surface area (Å²) in [5, 5.41) is 2.98. The maximum absolute atomic E-state index is 13.1. The van der Waals surface area contributed by atoms with E-state index in [-0.39, 0.29) is 24.5 Å². The standard InChI is InChI=1S/C25H34N2O3/c1-7-20(5)26-25(29)21(6)27(15-22-10-8-9-17(2)13-22)24(28)16-30-23-14-18(3)11-12-19(23)4/h8-14,20-21H,7,15-16H2,1-6H3,(H,26,29)/t20-,21+/m0/s1. The van der Waals surface area contributed by atoms with Gasteiger partial charge in [0.2, 0.25) is 5.91 Å². The average molecular weight is 411 g/mol. The summed E-state index contributed by atoms with van der Waals surface area (Å²) in [7, 11) is 0. The van der Waals surface area contributed by atoms with Crippen molar-refractivity contribution in [3.63, 3.8) is 0 Å². The van der Waals surface area contributed by atoms with E-state index in [0.29, 0.717) is 12.3 Å². The normalized spacial score (nSPS) is 12.7. The zero-order valence-electron chi connectivity index (χ0n) is 19.0. The minimum Gasteiger partial charge on any atom is -0.483 e. The molecular formula is C25H34N2O3. The highest BCUT2D eigenvalue weighted by Gasteiger charge is 2.27. The van der Waals surface area contributed by atoms with Crippen LogP contribution in [0, 0.1) is 20.8 Å². The molecule has 0 aromatic heterocycles. The molecule has 0 saturated heterocycles. The number of carbonyl (C=O) groups excluding carboxylic acids is 2. The number of hydrogen-bond donors (Lipinski definition) is 1. The number of aryl methyl sites for hydroxylation is 3. The molecule has 2 atom stereocenters. The first kappa shape index (κ1) is 23.5. The molecule has 5 nitrogen and oxygen atoms in total. The topological polar surface area (TPSA) is 58.6 Å². The SMILES string of the molecule is CC[C@H](C)NC(=O)[C@@H](C)N(Cc1cccc(C)c1)C(=O)COc1cc(C)ccc1C. The van der Waals surface area contributed by atoms with Gasteiger partial charge in [0, 0.05) is 12.6 Å². The van der Waals surface area contributed by atoms with Crippen molar-refractivity contribution in [1.29, 1.82) is 0 Å². The Hall–Kier alpha value is -2.82. The number of carbonyl (C=O) groups is 2. The van der Waals surface area contributed by atoms with Gasteiger partial charge in [-0.15, -0.1) is 0 Å². The van der Waals surface area contributed by atoms with E-state index < -0.39 is 6.04 Å². The van der Waals surface area contributed by atoms with Crippen molar-refractivity contribution in [3.05, 3.63) is 64.7 Å². The van der Waals surface area contributed by atoms with Crippen molar-refractivity contribution in [1.82, 2.24) is 10.2 Å². The summed E-state index contributed by atoms with van der Waals surface area (Å²) in [5.41, 5.74) is 4.14. The van der Waals surface area contributed by atoms with E-state index >= 15 is 0 Å². The van der Waals surface area contributed by atoms with Gasteiger partial charge in [-0.25, -0.2) is 0 Å². The van der Waals surface area contributed by atoms with Gasteiger partial charge in [-0.05, 0) is 63.8 Å². The van der Waals surface area contributed by atoms with Crippen LogP contribution in [0.4, 0.5) is 0 Å². The van der Waals surface area contributed by atoms with Crippen LogP contribution in [0.15, 0.2) is 42.5 Å². The first-order valence-electron chi connectivity index (χ1n) is 10.6. The van der Waals surface area contributed by atoms with E-state index in [2.05, 4.69) is 5.32 Å². The lowest BCUT2D eigenvalue weighted by molar-refractivity contribution is -0.142. The third kappa shape index (κ3) is 6.61. The molecule has 0 radical (unpaired) electrons. The molecule has 0 bridgehead atoms. The third-order valence-electron chi connectivity index (χ3n) is 5.30. The number of nitrogens with zero attached hydrogens (tertiary/aromatic N) is 1. The lowest BCUT2D eigenvalue weighted by atomic mass is 10.1. The third-order valence-corrected chi connectivity index (χ3v) is 5.30. The van der Waals surface area contributed by atoms with Gasteiger partial charge >= 0.3 is 0 Å². The summed E-state index contributed by atoms with van der Waals surface area (Å²) in [6, 6.07) is 13.3. The zero-order chi connectivity index (χ0) is 22.3. The van der Waals surface area contributed by atoms with Crippen LogP contribution in [0.3, 0.4) is 0 Å². The number of ether oxygens (including phenoxy) is 1. The fourth-order valence-corrected chi connectivity index (χ4v) is 3.14. The highest BCUT2D eigenvalue weighted by atomic mass is 16.5. The van der Waals surface area contributed by atoms with Gasteiger partial charge in [-0.2, -0.15) is 0 Å². The summed E-state index contributed by atoms with van der Waals surface area (Å²) >= 11 is 0. The summed E-state index contributed by atoms with van der Waals surface area (Å²) in [5.74, 6) is 0.317. The molecule has 0 aliphatic carbocycles. The van der Waals surface area contributed by atoms with E-state index in [0.717, 1.165) is 28.7 Å².